The van der Waals surface area contributed by atoms with Crippen LogP contribution in [-0.4, -0.2) is 16.0 Å². The average molecular weight is 414 g/mol. The molecule has 0 unspecified atom stereocenters. The second kappa shape index (κ2) is 7.41. The summed E-state index contributed by atoms with van der Waals surface area (Å²) in [6.07, 6.45) is 1.37. The van der Waals surface area contributed by atoms with E-state index in [0.717, 1.165) is 0 Å². The lowest BCUT2D eigenvalue weighted by Crippen LogP contribution is -2.19. The summed E-state index contributed by atoms with van der Waals surface area (Å²) >= 11 is 7.25. The van der Waals surface area contributed by atoms with Crippen molar-refractivity contribution >= 4 is 56.4 Å². The molecule has 140 valence electrons. The molecule has 2 amide bonds. The van der Waals surface area contributed by atoms with Crippen molar-refractivity contribution < 1.29 is 9.18 Å². The van der Waals surface area contributed by atoms with Crippen LogP contribution in [0.15, 0.2) is 54.2 Å². The highest BCUT2D eigenvalue weighted by Gasteiger charge is 2.15. The highest BCUT2D eigenvalue weighted by atomic mass is 35.5. The predicted octanol–water partition coefficient (Wildman–Crippen LogP) is 5.38. The van der Waals surface area contributed by atoms with Crippen molar-refractivity contribution in [2.45, 2.75) is 0 Å². The number of urea groups is 1. The molecule has 0 aliphatic carbocycles. The quantitative estimate of drug-likeness (QED) is 0.420. The summed E-state index contributed by atoms with van der Waals surface area (Å²) in [4.78, 5) is 20.9. The number of rotatable bonds is 3. The Bertz CT molecular complexity index is 1200. The van der Waals surface area contributed by atoms with E-state index in [2.05, 4.69) is 20.6 Å². The van der Waals surface area contributed by atoms with Crippen molar-refractivity contribution in [2.24, 2.45) is 0 Å². The molecule has 0 aliphatic heterocycles. The van der Waals surface area contributed by atoms with Crippen LogP contribution < -0.4 is 16.4 Å². The first kappa shape index (κ1) is 18.1. The fourth-order valence-corrected chi connectivity index (χ4v) is 3.87. The van der Waals surface area contributed by atoms with E-state index in [4.69, 9.17) is 17.3 Å². The molecule has 0 atom stereocenters. The van der Waals surface area contributed by atoms with E-state index in [1.807, 2.05) is 0 Å². The molecule has 2 aromatic heterocycles. The number of hydrogen-bond donors (Lipinski definition) is 3. The predicted molar refractivity (Wildman–Crippen MR) is 111 cm³/mol. The van der Waals surface area contributed by atoms with Gasteiger partial charge in [0, 0.05) is 32.9 Å². The number of benzene rings is 2. The Labute approximate surface area is 168 Å². The van der Waals surface area contributed by atoms with Gasteiger partial charge in [-0.3, -0.25) is 0 Å². The van der Waals surface area contributed by atoms with Crippen LogP contribution in [0, 0.1) is 5.82 Å². The molecule has 0 radical (unpaired) electrons. The van der Waals surface area contributed by atoms with E-state index in [-0.39, 0.29) is 0 Å². The van der Waals surface area contributed by atoms with E-state index in [1.165, 1.54) is 23.7 Å². The van der Waals surface area contributed by atoms with E-state index in [0.29, 0.717) is 43.6 Å². The number of nitrogens with two attached hydrogens (primary N) is 1. The first-order chi connectivity index (χ1) is 13.5. The van der Waals surface area contributed by atoms with Crippen molar-refractivity contribution in [1.29, 1.82) is 0 Å². The molecular formula is C19H13ClFN5OS. The molecule has 0 saturated carbocycles. The lowest BCUT2D eigenvalue weighted by atomic mass is 10.0. The zero-order valence-corrected chi connectivity index (χ0v) is 15.8. The first-order valence-corrected chi connectivity index (χ1v) is 9.38. The van der Waals surface area contributed by atoms with Crippen molar-refractivity contribution in [2.75, 3.05) is 16.4 Å². The number of halogens is 2. The normalized spacial score (nSPS) is 10.8. The summed E-state index contributed by atoms with van der Waals surface area (Å²) in [7, 11) is 0. The number of anilines is 3. The molecule has 4 aromatic rings. The lowest BCUT2D eigenvalue weighted by Gasteiger charge is -2.10. The molecule has 0 aliphatic rings. The topological polar surface area (TPSA) is 92.9 Å². The number of carbonyl (C=O) groups excluding carboxylic acids is 1. The second-order valence-corrected chi connectivity index (χ2v) is 7.17. The molecule has 9 heteroatoms. The van der Waals surface area contributed by atoms with E-state index >= 15 is 0 Å². The van der Waals surface area contributed by atoms with Crippen LogP contribution in [-0.2, 0) is 0 Å². The Hall–Kier alpha value is -3.23. The summed E-state index contributed by atoms with van der Waals surface area (Å²) in [6.45, 7) is 0. The Morgan fingerprint density at radius 3 is 2.61 bits per heavy atom. The van der Waals surface area contributed by atoms with E-state index in [1.54, 1.807) is 41.8 Å². The van der Waals surface area contributed by atoms with Gasteiger partial charge in [0.25, 0.3) is 0 Å². The average Bonchev–Trinajstić information content (AvgIpc) is 3.07. The molecule has 0 bridgehead atoms. The zero-order chi connectivity index (χ0) is 19.7. The van der Waals surface area contributed by atoms with Crippen LogP contribution in [0.25, 0.3) is 21.3 Å². The van der Waals surface area contributed by atoms with Gasteiger partial charge in [-0.05, 0) is 36.4 Å². The third-order valence-electron chi connectivity index (χ3n) is 4.00. The Balaban J connectivity index is 1.57. The number of carbonyl (C=O) groups is 1. The maximum Gasteiger partial charge on any atom is 0.323 e. The Morgan fingerprint density at radius 2 is 1.86 bits per heavy atom. The van der Waals surface area contributed by atoms with Crippen LogP contribution in [0.1, 0.15) is 0 Å². The van der Waals surface area contributed by atoms with Gasteiger partial charge in [-0.15, -0.1) is 11.3 Å². The maximum absolute atomic E-state index is 14.7. The highest BCUT2D eigenvalue weighted by Crippen LogP contribution is 2.37. The van der Waals surface area contributed by atoms with Gasteiger partial charge >= 0.3 is 6.03 Å². The fraction of sp³-hybridized carbons (Fsp3) is 0. The number of nitrogen functional groups attached to an aromatic ring is 1. The minimum absolute atomic E-state index is 0.295. The molecular weight excluding hydrogens is 401 g/mol. The minimum atomic E-state index is -0.506. The van der Waals surface area contributed by atoms with Gasteiger partial charge < -0.3 is 16.4 Å². The van der Waals surface area contributed by atoms with Gasteiger partial charge in [-0.25, -0.2) is 19.2 Å². The zero-order valence-electron chi connectivity index (χ0n) is 14.2. The molecule has 0 fully saturated rings. The third kappa shape index (κ3) is 3.60. The van der Waals surface area contributed by atoms with Gasteiger partial charge in [0.1, 0.15) is 22.8 Å². The number of thiophene rings is 1. The number of aromatic nitrogens is 2. The van der Waals surface area contributed by atoms with Gasteiger partial charge in [-0.1, -0.05) is 17.7 Å². The second-order valence-electron chi connectivity index (χ2n) is 5.87. The largest absolute Gasteiger partial charge is 0.383 e. The molecule has 4 N–H and O–H groups in total. The highest BCUT2D eigenvalue weighted by molar-refractivity contribution is 7.17. The summed E-state index contributed by atoms with van der Waals surface area (Å²) in [5.41, 5.74) is 7.74. The number of fused-ring (bicyclic) bond motifs is 1. The van der Waals surface area contributed by atoms with Crippen molar-refractivity contribution in [3.8, 4) is 11.1 Å². The van der Waals surface area contributed by atoms with Crippen molar-refractivity contribution in [3.05, 3.63) is 65.0 Å². The van der Waals surface area contributed by atoms with Gasteiger partial charge in [-0.2, -0.15) is 0 Å². The SMILES string of the molecule is Nc1ncnc2scc(-c3ccc(NC(=O)Nc4cccc(Cl)c4)cc3F)c12. The van der Waals surface area contributed by atoms with Crippen LogP contribution in [0.4, 0.5) is 26.4 Å². The van der Waals surface area contributed by atoms with E-state index in [9.17, 15) is 9.18 Å². The number of nitrogens with zero attached hydrogens (tertiary/aromatic N) is 2. The molecule has 2 heterocycles. The maximum atomic E-state index is 14.7. The number of amides is 2. The molecule has 6 nitrogen and oxygen atoms in total. The fourth-order valence-electron chi connectivity index (χ4n) is 2.77. The number of nitrogens with one attached hydrogen (secondary N) is 2. The van der Waals surface area contributed by atoms with Gasteiger partial charge in [0.15, 0.2) is 0 Å². The monoisotopic (exact) mass is 413 g/mol. The van der Waals surface area contributed by atoms with Gasteiger partial charge in [0.05, 0.1) is 5.39 Å². The molecule has 4 rings (SSSR count). The third-order valence-corrected chi connectivity index (χ3v) is 5.12. The summed E-state index contributed by atoms with van der Waals surface area (Å²) in [5.74, 6) is -0.202. The van der Waals surface area contributed by atoms with Crippen LogP contribution >= 0.6 is 22.9 Å². The molecule has 0 saturated heterocycles. The minimum Gasteiger partial charge on any atom is -0.383 e. The molecule has 2 aromatic carbocycles. The molecule has 0 spiro atoms. The lowest BCUT2D eigenvalue weighted by molar-refractivity contribution is 0.262. The number of hydrogen-bond acceptors (Lipinski definition) is 5. The Morgan fingerprint density at radius 1 is 1.07 bits per heavy atom. The smallest absolute Gasteiger partial charge is 0.323 e. The van der Waals surface area contributed by atoms with Crippen LogP contribution in [0.3, 0.4) is 0 Å². The van der Waals surface area contributed by atoms with Crippen LogP contribution in [0.5, 0.6) is 0 Å². The Kier molecular flexibility index (Phi) is 4.81. The first-order valence-electron chi connectivity index (χ1n) is 8.12. The van der Waals surface area contributed by atoms with Crippen molar-refractivity contribution in [3.63, 3.8) is 0 Å². The molecule has 28 heavy (non-hydrogen) atoms. The summed E-state index contributed by atoms with van der Waals surface area (Å²) in [5, 5.41) is 8.13. The van der Waals surface area contributed by atoms with Gasteiger partial charge in [0.2, 0.25) is 0 Å². The van der Waals surface area contributed by atoms with Crippen molar-refractivity contribution in [1.82, 2.24) is 9.97 Å². The summed E-state index contributed by atoms with van der Waals surface area (Å²) < 4.78 is 14.7. The van der Waals surface area contributed by atoms with E-state index < -0.39 is 11.8 Å². The van der Waals surface area contributed by atoms with Crippen LogP contribution in [0.2, 0.25) is 5.02 Å². The summed E-state index contributed by atoms with van der Waals surface area (Å²) in [6, 6.07) is 10.7. The standard InChI is InChI=1S/C19H13ClFN5OS/c20-10-2-1-3-11(6-10)25-19(27)26-12-4-5-13(15(21)7-12)14-8-28-18-16(14)17(22)23-9-24-18/h1-9H,(H2,22,23,24)(H2,25,26,27).